The largest absolute Gasteiger partial charge is 0.694 e. The lowest BCUT2D eigenvalue weighted by atomic mass is 9.81. The molecule has 0 spiro atoms. The van der Waals surface area contributed by atoms with E-state index in [1.807, 2.05) is 60.7 Å². The number of carbonyl (C=O) groups is 1. The van der Waals surface area contributed by atoms with Crippen LogP contribution in [0.2, 0.25) is 0 Å². The number of hydrogen-bond donors (Lipinski definition) is 1. The molecule has 0 amide bonds. The SMILES string of the molecule is C=C(C)C(=O)OC(CCCCO[P+](=O)O)(c1ccccc1)c1ccccc1. The molecule has 6 heteroatoms. The fourth-order valence-corrected chi connectivity index (χ4v) is 3.19. The van der Waals surface area contributed by atoms with Crippen LogP contribution in [0.25, 0.3) is 0 Å². The zero-order valence-corrected chi connectivity index (χ0v) is 16.2. The molecule has 2 aromatic carbocycles. The fraction of sp³-hybridized carbons (Fsp3) is 0.286. The van der Waals surface area contributed by atoms with E-state index in [0.717, 1.165) is 11.1 Å². The first-order valence-corrected chi connectivity index (χ1v) is 9.87. The van der Waals surface area contributed by atoms with Crippen LogP contribution in [0, 0.1) is 0 Å². The van der Waals surface area contributed by atoms with Gasteiger partial charge in [0.15, 0.2) is 5.60 Å². The second-order valence-electron chi connectivity index (χ2n) is 6.26. The third kappa shape index (κ3) is 5.83. The molecule has 0 radical (unpaired) electrons. The summed E-state index contributed by atoms with van der Waals surface area (Å²) in [5, 5.41) is 0. The van der Waals surface area contributed by atoms with Gasteiger partial charge in [0.25, 0.3) is 0 Å². The van der Waals surface area contributed by atoms with Crippen molar-refractivity contribution in [3.63, 3.8) is 0 Å². The van der Waals surface area contributed by atoms with Gasteiger partial charge in [0.1, 0.15) is 6.61 Å². The molecular formula is C21H24O5P+. The maximum atomic E-state index is 12.5. The molecule has 1 atom stereocenters. The first kappa shape index (κ1) is 21.0. The lowest BCUT2D eigenvalue weighted by molar-refractivity contribution is -0.152. The summed E-state index contributed by atoms with van der Waals surface area (Å²) in [4.78, 5) is 21.2. The Balaban J connectivity index is 2.38. The number of hydrogen-bond acceptors (Lipinski definition) is 4. The fourth-order valence-electron chi connectivity index (χ4n) is 2.90. The summed E-state index contributed by atoms with van der Waals surface area (Å²) in [6.45, 7) is 5.49. The highest BCUT2D eigenvalue weighted by Gasteiger charge is 2.38. The van der Waals surface area contributed by atoms with Gasteiger partial charge >= 0.3 is 14.2 Å². The van der Waals surface area contributed by atoms with Crippen LogP contribution >= 0.6 is 8.25 Å². The van der Waals surface area contributed by atoms with E-state index in [2.05, 4.69) is 6.58 Å². The highest BCUT2D eigenvalue weighted by molar-refractivity contribution is 7.32. The molecule has 0 aliphatic heterocycles. The molecule has 0 aromatic heterocycles. The van der Waals surface area contributed by atoms with E-state index in [4.69, 9.17) is 14.2 Å². The highest BCUT2D eigenvalue weighted by Crippen LogP contribution is 2.39. The van der Waals surface area contributed by atoms with Crippen LogP contribution in [-0.4, -0.2) is 17.5 Å². The average molecular weight is 387 g/mol. The van der Waals surface area contributed by atoms with E-state index < -0.39 is 19.8 Å². The van der Waals surface area contributed by atoms with E-state index in [1.54, 1.807) is 6.92 Å². The molecule has 0 fully saturated rings. The molecule has 27 heavy (non-hydrogen) atoms. The summed E-state index contributed by atoms with van der Waals surface area (Å²) >= 11 is 0. The van der Waals surface area contributed by atoms with Crippen molar-refractivity contribution in [3.05, 3.63) is 83.9 Å². The van der Waals surface area contributed by atoms with Crippen LogP contribution < -0.4 is 0 Å². The van der Waals surface area contributed by atoms with Crippen molar-refractivity contribution in [2.75, 3.05) is 6.61 Å². The number of esters is 1. The molecule has 5 nitrogen and oxygen atoms in total. The second kappa shape index (κ2) is 10.1. The Kier molecular flexibility index (Phi) is 7.86. The summed E-state index contributed by atoms with van der Waals surface area (Å²) in [5.74, 6) is -0.461. The van der Waals surface area contributed by atoms with Gasteiger partial charge in [-0.15, -0.1) is 9.42 Å². The Morgan fingerprint density at radius 1 is 1.04 bits per heavy atom. The summed E-state index contributed by atoms with van der Waals surface area (Å²) < 4.78 is 21.4. The van der Waals surface area contributed by atoms with Gasteiger partial charge in [-0.2, -0.15) is 0 Å². The molecule has 2 aromatic rings. The Morgan fingerprint density at radius 2 is 1.56 bits per heavy atom. The topological polar surface area (TPSA) is 72.8 Å². The Morgan fingerprint density at radius 3 is 2.00 bits per heavy atom. The van der Waals surface area contributed by atoms with Crippen molar-refractivity contribution in [1.29, 1.82) is 0 Å². The molecule has 0 saturated carbocycles. The van der Waals surface area contributed by atoms with E-state index in [0.29, 0.717) is 24.8 Å². The molecule has 0 aliphatic carbocycles. The number of ether oxygens (including phenoxy) is 1. The molecule has 0 aliphatic rings. The Hall–Kier alpha value is -2.33. The van der Waals surface area contributed by atoms with Gasteiger partial charge in [0.05, 0.1) is 0 Å². The van der Waals surface area contributed by atoms with Crippen LogP contribution in [0.5, 0.6) is 0 Å². The van der Waals surface area contributed by atoms with Gasteiger partial charge in [0.2, 0.25) is 0 Å². The zero-order valence-electron chi connectivity index (χ0n) is 15.3. The number of rotatable bonds is 10. The maximum Gasteiger partial charge on any atom is 0.694 e. The standard InChI is InChI=1S/C21H23O5P/c1-17(2)20(22)26-21(18-11-5-3-6-12-18,19-13-7-4-8-14-19)15-9-10-16-25-27(23)24/h3-8,11-14H,1,9-10,15-16H2,2H3/p+1. The summed E-state index contributed by atoms with van der Waals surface area (Å²) in [6, 6.07) is 19.2. The monoisotopic (exact) mass is 387 g/mol. The van der Waals surface area contributed by atoms with E-state index >= 15 is 0 Å². The number of unbranched alkanes of at least 4 members (excludes halogenated alkanes) is 1. The predicted molar refractivity (Wildman–Crippen MR) is 104 cm³/mol. The van der Waals surface area contributed by atoms with Crippen LogP contribution in [0.1, 0.15) is 37.3 Å². The van der Waals surface area contributed by atoms with Gasteiger partial charge in [0, 0.05) is 21.3 Å². The Labute approximate surface area is 160 Å². The normalized spacial score (nSPS) is 11.7. The summed E-state index contributed by atoms with van der Waals surface area (Å²) in [5.41, 5.74) is 1.08. The second-order valence-corrected chi connectivity index (χ2v) is 6.99. The first-order valence-electron chi connectivity index (χ1n) is 8.74. The van der Waals surface area contributed by atoms with E-state index in [1.165, 1.54) is 0 Å². The molecule has 0 heterocycles. The van der Waals surface area contributed by atoms with Crippen molar-refractivity contribution >= 4 is 14.2 Å². The Bertz CT molecular complexity index is 734. The third-order valence-electron chi connectivity index (χ3n) is 4.22. The molecule has 0 saturated heterocycles. The smallest absolute Gasteiger partial charge is 0.446 e. The lowest BCUT2D eigenvalue weighted by Crippen LogP contribution is -2.34. The highest BCUT2D eigenvalue weighted by atomic mass is 31.1. The molecule has 0 bridgehead atoms. The van der Waals surface area contributed by atoms with Crippen molar-refractivity contribution < 1.29 is 23.5 Å². The van der Waals surface area contributed by atoms with Gasteiger partial charge < -0.3 is 4.74 Å². The van der Waals surface area contributed by atoms with E-state index in [9.17, 15) is 9.36 Å². The van der Waals surface area contributed by atoms with Crippen molar-refractivity contribution in [2.45, 2.75) is 31.8 Å². The van der Waals surface area contributed by atoms with Crippen LogP contribution in [-0.2, 0) is 24.2 Å². The van der Waals surface area contributed by atoms with E-state index in [-0.39, 0.29) is 6.61 Å². The minimum Gasteiger partial charge on any atom is -0.446 e. The van der Waals surface area contributed by atoms with Crippen LogP contribution in [0.4, 0.5) is 0 Å². The molecular weight excluding hydrogens is 363 g/mol. The minimum absolute atomic E-state index is 0.166. The zero-order chi connectivity index (χ0) is 19.7. The van der Waals surface area contributed by atoms with Crippen LogP contribution in [0.3, 0.4) is 0 Å². The average Bonchev–Trinajstić information content (AvgIpc) is 2.67. The summed E-state index contributed by atoms with van der Waals surface area (Å²) in [7, 11) is -2.60. The quantitative estimate of drug-likeness (QED) is 0.272. The number of benzene rings is 2. The lowest BCUT2D eigenvalue weighted by Gasteiger charge is -2.35. The maximum absolute atomic E-state index is 12.5. The van der Waals surface area contributed by atoms with Crippen LogP contribution in [0.15, 0.2) is 72.8 Å². The van der Waals surface area contributed by atoms with Crippen molar-refractivity contribution in [1.82, 2.24) is 0 Å². The van der Waals surface area contributed by atoms with Gasteiger partial charge in [-0.25, -0.2) is 4.79 Å². The molecule has 1 unspecified atom stereocenters. The molecule has 142 valence electrons. The number of carbonyl (C=O) groups excluding carboxylic acids is 1. The van der Waals surface area contributed by atoms with Crippen molar-refractivity contribution in [3.8, 4) is 0 Å². The van der Waals surface area contributed by atoms with Gasteiger partial charge in [-0.05, 0) is 26.2 Å². The first-order chi connectivity index (χ1) is 13.0. The van der Waals surface area contributed by atoms with Gasteiger partial charge in [-0.3, -0.25) is 0 Å². The molecule has 2 rings (SSSR count). The van der Waals surface area contributed by atoms with Gasteiger partial charge in [-0.1, -0.05) is 67.2 Å². The third-order valence-corrected chi connectivity index (χ3v) is 4.62. The summed E-state index contributed by atoms with van der Waals surface area (Å²) in [6.07, 6.45) is 1.70. The van der Waals surface area contributed by atoms with Crippen molar-refractivity contribution in [2.24, 2.45) is 0 Å². The molecule has 1 N–H and O–H groups in total. The minimum atomic E-state index is -2.60. The predicted octanol–water partition coefficient (Wildman–Crippen LogP) is 4.89.